The van der Waals surface area contributed by atoms with Crippen LogP contribution in [0.15, 0.2) is 73.1 Å². The van der Waals surface area contributed by atoms with Gasteiger partial charge in [0.15, 0.2) is 11.5 Å². The Morgan fingerprint density at radius 3 is 2.66 bits per heavy atom. The van der Waals surface area contributed by atoms with Gasteiger partial charge < -0.3 is 19.9 Å². The molecule has 0 aliphatic rings. The van der Waals surface area contributed by atoms with Crippen molar-refractivity contribution in [1.82, 2.24) is 4.98 Å². The van der Waals surface area contributed by atoms with Crippen LogP contribution in [0, 0.1) is 0 Å². The van der Waals surface area contributed by atoms with Gasteiger partial charge in [0.05, 0.1) is 7.11 Å². The van der Waals surface area contributed by atoms with Gasteiger partial charge in [-0.25, -0.2) is 0 Å². The molecule has 29 heavy (non-hydrogen) atoms. The molecule has 150 valence electrons. The van der Waals surface area contributed by atoms with Crippen LogP contribution in [0.4, 0.5) is 5.69 Å². The Morgan fingerprint density at radius 2 is 1.93 bits per heavy atom. The number of nitrogens with zero attached hydrogens (tertiary/aromatic N) is 1. The van der Waals surface area contributed by atoms with Crippen LogP contribution >= 0.6 is 12.4 Å². The van der Waals surface area contributed by atoms with E-state index in [2.05, 4.69) is 10.3 Å². The molecule has 3 aromatic rings. The van der Waals surface area contributed by atoms with E-state index >= 15 is 0 Å². The first-order valence-corrected chi connectivity index (χ1v) is 8.62. The lowest BCUT2D eigenvalue weighted by Crippen LogP contribution is -2.07. The molecule has 0 saturated heterocycles. The van der Waals surface area contributed by atoms with Gasteiger partial charge in [-0.2, -0.15) is 0 Å². The number of carbonyl (C=O) groups is 1. The number of pyridine rings is 1. The van der Waals surface area contributed by atoms with E-state index in [4.69, 9.17) is 9.47 Å². The molecule has 0 atom stereocenters. The molecule has 1 amide bonds. The number of aromatic hydroxyl groups is 1. The summed E-state index contributed by atoms with van der Waals surface area (Å²) in [5, 5.41) is 12.6. The molecule has 0 bridgehead atoms. The predicted octanol–water partition coefficient (Wildman–Crippen LogP) is 4.45. The van der Waals surface area contributed by atoms with E-state index in [1.165, 1.54) is 19.3 Å². The van der Waals surface area contributed by atoms with E-state index in [-0.39, 0.29) is 24.1 Å². The summed E-state index contributed by atoms with van der Waals surface area (Å²) in [6.45, 7) is 0.417. The summed E-state index contributed by atoms with van der Waals surface area (Å²) in [4.78, 5) is 16.1. The average molecular weight is 413 g/mol. The summed E-state index contributed by atoms with van der Waals surface area (Å²) in [5.41, 5.74) is 2.32. The smallest absolute Gasteiger partial charge is 0.248 e. The van der Waals surface area contributed by atoms with Crippen LogP contribution in [0.5, 0.6) is 17.2 Å². The van der Waals surface area contributed by atoms with Gasteiger partial charge in [-0.05, 0) is 53.6 Å². The van der Waals surface area contributed by atoms with Gasteiger partial charge in [-0.15, -0.1) is 12.4 Å². The number of methoxy groups -OCH3 is 1. The fourth-order valence-corrected chi connectivity index (χ4v) is 2.48. The molecule has 1 heterocycles. The first-order valence-electron chi connectivity index (χ1n) is 8.62. The summed E-state index contributed by atoms with van der Waals surface area (Å²) < 4.78 is 10.7. The van der Waals surface area contributed by atoms with Crippen molar-refractivity contribution < 1.29 is 19.4 Å². The number of rotatable bonds is 7. The predicted molar refractivity (Wildman–Crippen MR) is 115 cm³/mol. The van der Waals surface area contributed by atoms with Crippen LogP contribution in [0.2, 0.25) is 0 Å². The lowest BCUT2D eigenvalue weighted by Gasteiger charge is -2.08. The van der Waals surface area contributed by atoms with Crippen molar-refractivity contribution in [3.8, 4) is 17.2 Å². The first-order chi connectivity index (χ1) is 13.6. The highest BCUT2D eigenvalue weighted by Gasteiger charge is 2.03. The van der Waals surface area contributed by atoms with Gasteiger partial charge >= 0.3 is 0 Å². The minimum Gasteiger partial charge on any atom is -0.504 e. The SMILES string of the molecule is COc1ccc(/C=C/C(=O)Nc2cccc(OCc3ccncc3)c2)cc1O.Cl. The number of hydrogen-bond donors (Lipinski definition) is 2. The molecular formula is C22H21ClN2O4. The fourth-order valence-electron chi connectivity index (χ4n) is 2.48. The van der Waals surface area contributed by atoms with E-state index in [0.717, 1.165) is 5.56 Å². The Morgan fingerprint density at radius 1 is 1.14 bits per heavy atom. The minimum absolute atomic E-state index is 0. The number of aromatic nitrogens is 1. The second-order valence-electron chi connectivity index (χ2n) is 5.93. The highest BCUT2D eigenvalue weighted by molar-refractivity contribution is 6.02. The third-order valence-electron chi connectivity index (χ3n) is 3.89. The Hall–Kier alpha value is -3.51. The van der Waals surface area contributed by atoms with Gasteiger partial charge in [-0.3, -0.25) is 9.78 Å². The Labute approximate surface area is 175 Å². The zero-order chi connectivity index (χ0) is 19.8. The average Bonchev–Trinajstić information content (AvgIpc) is 2.72. The molecule has 0 aliphatic heterocycles. The second kappa shape index (κ2) is 10.7. The zero-order valence-corrected chi connectivity index (χ0v) is 16.6. The van der Waals surface area contributed by atoms with Crippen molar-refractivity contribution in [1.29, 1.82) is 0 Å². The molecule has 0 fully saturated rings. The highest BCUT2D eigenvalue weighted by Crippen LogP contribution is 2.26. The maximum absolute atomic E-state index is 12.2. The summed E-state index contributed by atoms with van der Waals surface area (Å²) >= 11 is 0. The number of phenolic OH excluding ortho intramolecular Hbond substituents is 1. The van der Waals surface area contributed by atoms with Crippen LogP contribution in [0.3, 0.4) is 0 Å². The van der Waals surface area contributed by atoms with Crippen molar-refractivity contribution in [3.05, 3.63) is 84.2 Å². The number of ether oxygens (including phenoxy) is 2. The molecule has 0 aliphatic carbocycles. The third-order valence-corrected chi connectivity index (χ3v) is 3.89. The Balaban J connectivity index is 0.00000300. The standard InChI is InChI=1S/C22H20N2O4.ClH/c1-27-21-7-5-16(13-20(21)25)6-8-22(26)24-18-3-2-4-19(14-18)28-15-17-9-11-23-12-10-17;/h2-14,25H,15H2,1H3,(H,24,26);1H/b8-6+;. The Kier molecular flexibility index (Phi) is 8.06. The lowest BCUT2D eigenvalue weighted by atomic mass is 10.2. The number of halogens is 1. The topological polar surface area (TPSA) is 80.7 Å². The molecule has 0 spiro atoms. The highest BCUT2D eigenvalue weighted by atomic mass is 35.5. The maximum atomic E-state index is 12.2. The van der Waals surface area contributed by atoms with Crippen LogP contribution in [-0.2, 0) is 11.4 Å². The Bertz CT molecular complexity index is 978. The molecule has 1 aromatic heterocycles. The van der Waals surface area contributed by atoms with Crippen LogP contribution in [0.1, 0.15) is 11.1 Å². The number of anilines is 1. The molecule has 6 nitrogen and oxygen atoms in total. The van der Waals surface area contributed by atoms with E-state index in [0.29, 0.717) is 29.4 Å². The van der Waals surface area contributed by atoms with Crippen molar-refractivity contribution >= 4 is 30.1 Å². The van der Waals surface area contributed by atoms with Crippen molar-refractivity contribution in [2.24, 2.45) is 0 Å². The molecule has 3 rings (SSSR count). The summed E-state index contributed by atoms with van der Waals surface area (Å²) in [7, 11) is 1.48. The van der Waals surface area contributed by atoms with Gasteiger partial charge in [0.25, 0.3) is 0 Å². The minimum atomic E-state index is -0.290. The molecule has 0 radical (unpaired) electrons. The zero-order valence-electron chi connectivity index (χ0n) is 15.7. The van der Waals surface area contributed by atoms with Crippen molar-refractivity contribution in [2.75, 3.05) is 12.4 Å². The third kappa shape index (κ3) is 6.55. The molecule has 0 unspecified atom stereocenters. The number of hydrogen-bond acceptors (Lipinski definition) is 5. The number of amides is 1. The number of phenols is 1. The van der Waals surface area contributed by atoms with Gasteiger partial charge in [0, 0.05) is 30.2 Å². The van der Waals surface area contributed by atoms with Crippen LogP contribution in [0.25, 0.3) is 6.08 Å². The van der Waals surface area contributed by atoms with Crippen molar-refractivity contribution in [3.63, 3.8) is 0 Å². The number of carbonyl (C=O) groups excluding carboxylic acids is 1. The molecule has 0 saturated carbocycles. The summed E-state index contributed by atoms with van der Waals surface area (Å²) in [6.07, 6.45) is 6.43. The molecule has 2 N–H and O–H groups in total. The van der Waals surface area contributed by atoms with Gasteiger partial charge in [-0.1, -0.05) is 12.1 Å². The molecular weight excluding hydrogens is 392 g/mol. The summed E-state index contributed by atoms with van der Waals surface area (Å²) in [6, 6.07) is 15.8. The van der Waals surface area contributed by atoms with Gasteiger partial charge in [0.2, 0.25) is 5.91 Å². The monoisotopic (exact) mass is 412 g/mol. The van der Waals surface area contributed by atoms with Crippen LogP contribution < -0.4 is 14.8 Å². The van der Waals surface area contributed by atoms with E-state index in [9.17, 15) is 9.90 Å². The lowest BCUT2D eigenvalue weighted by molar-refractivity contribution is -0.111. The molecule has 2 aromatic carbocycles. The second-order valence-corrected chi connectivity index (χ2v) is 5.93. The number of benzene rings is 2. The van der Waals surface area contributed by atoms with Gasteiger partial charge in [0.1, 0.15) is 12.4 Å². The number of nitrogens with one attached hydrogen (secondary N) is 1. The first kappa shape index (κ1) is 21.8. The largest absolute Gasteiger partial charge is 0.504 e. The summed E-state index contributed by atoms with van der Waals surface area (Å²) in [5.74, 6) is 0.759. The maximum Gasteiger partial charge on any atom is 0.248 e. The molecule has 7 heteroatoms. The van der Waals surface area contributed by atoms with Crippen LogP contribution in [-0.4, -0.2) is 23.1 Å². The van der Waals surface area contributed by atoms with E-state index < -0.39 is 0 Å². The van der Waals surface area contributed by atoms with Crippen molar-refractivity contribution in [2.45, 2.75) is 6.61 Å². The van der Waals surface area contributed by atoms with E-state index in [1.54, 1.807) is 42.7 Å². The van der Waals surface area contributed by atoms with E-state index in [1.807, 2.05) is 24.3 Å². The fraction of sp³-hybridized carbons (Fsp3) is 0.0909. The normalized spacial score (nSPS) is 10.2. The quantitative estimate of drug-likeness (QED) is 0.560.